The number of aryl methyl sites for hydroxylation is 3. The maximum absolute atomic E-state index is 12.2. The van der Waals surface area contributed by atoms with E-state index in [9.17, 15) is 4.79 Å². The van der Waals surface area contributed by atoms with Crippen molar-refractivity contribution in [1.29, 1.82) is 0 Å². The molecular formula is C21H19N5O2. The van der Waals surface area contributed by atoms with E-state index in [1.807, 2.05) is 24.3 Å². The van der Waals surface area contributed by atoms with Crippen LogP contribution < -0.4 is 5.56 Å². The summed E-state index contributed by atoms with van der Waals surface area (Å²) in [5.41, 5.74) is 3.61. The molecule has 140 valence electrons. The Hall–Kier alpha value is -3.61. The van der Waals surface area contributed by atoms with Crippen LogP contribution in [0.4, 0.5) is 0 Å². The highest BCUT2D eigenvalue weighted by atomic mass is 16.5. The van der Waals surface area contributed by atoms with Gasteiger partial charge in [0.1, 0.15) is 0 Å². The molecule has 4 aromatic rings. The topological polar surface area (TPSA) is 86.7 Å². The summed E-state index contributed by atoms with van der Waals surface area (Å²) in [6.07, 6.45) is 4.76. The van der Waals surface area contributed by atoms with E-state index in [1.54, 1.807) is 18.5 Å². The van der Waals surface area contributed by atoms with Crippen molar-refractivity contribution >= 4 is 0 Å². The Bertz CT molecular complexity index is 1120. The van der Waals surface area contributed by atoms with Crippen LogP contribution in [0.15, 0.2) is 70.2 Å². The fourth-order valence-electron chi connectivity index (χ4n) is 2.84. The van der Waals surface area contributed by atoms with Crippen molar-refractivity contribution in [2.75, 3.05) is 0 Å². The molecule has 0 amide bonds. The third kappa shape index (κ3) is 3.88. The molecule has 0 aliphatic heterocycles. The molecule has 7 nitrogen and oxygen atoms in total. The van der Waals surface area contributed by atoms with Gasteiger partial charge in [0.25, 0.3) is 5.56 Å². The third-order valence-corrected chi connectivity index (χ3v) is 4.45. The molecule has 0 bridgehead atoms. The molecule has 1 aromatic carbocycles. The van der Waals surface area contributed by atoms with E-state index in [-0.39, 0.29) is 5.56 Å². The Morgan fingerprint density at radius 2 is 1.89 bits per heavy atom. The molecule has 3 aromatic heterocycles. The summed E-state index contributed by atoms with van der Waals surface area (Å²) < 4.78 is 6.72. The Morgan fingerprint density at radius 1 is 1.04 bits per heavy atom. The molecule has 7 heteroatoms. The predicted octanol–water partition coefficient (Wildman–Crippen LogP) is 3.16. The summed E-state index contributed by atoms with van der Waals surface area (Å²) in [5, 5.41) is 8.45. The molecule has 0 atom stereocenters. The SMILES string of the molecule is CCc1ccc(-c2ccc(=O)n(CCc3nc(-c4cccnc4)no3)n2)cc1. The third-order valence-electron chi connectivity index (χ3n) is 4.45. The second-order valence-electron chi connectivity index (χ2n) is 6.33. The minimum atomic E-state index is -0.166. The minimum Gasteiger partial charge on any atom is -0.339 e. The predicted molar refractivity (Wildman–Crippen MR) is 105 cm³/mol. The highest BCUT2D eigenvalue weighted by molar-refractivity contribution is 5.58. The lowest BCUT2D eigenvalue weighted by Gasteiger charge is -2.06. The standard InChI is InChI=1S/C21H19N5O2/c1-2-15-5-7-16(8-6-15)18-9-10-20(27)26(24-18)13-11-19-23-21(25-28-19)17-4-3-12-22-14-17/h3-10,12,14H,2,11,13H2,1H3. The number of nitrogens with zero attached hydrogens (tertiary/aromatic N) is 5. The first kappa shape index (κ1) is 17.8. The van der Waals surface area contributed by atoms with E-state index in [4.69, 9.17) is 4.52 Å². The lowest BCUT2D eigenvalue weighted by Crippen LogP contribution is -2.23. The second kappa shape index (κ2) is 7.96. The fourth-order valence-corrected chi connectivity index (χ4v) is 2.84. The van der Waals surface area contributed by atoms with Crippen LogP contribution in [0.2, 0.25) is 0 Å². The van der Waals surface area contributed by atoms with Gasteiger partial charge in [0.2, 0.25) is 11.7 Å². The van der Waals surface area contributed by atoms with Crippen molar-refractivity contribution in [2.45, 2.75) is 26.3 Å². The minimum absolute atomic E-state index is 0.166. The number of hydrogen-bond donors (Lipinski definition) is 0. The van der Waals surface area contributed by atoms with Crippen LogP contribution in [0.5, 0.6) is 0 Å². The van der Waals surface area contributed by atoms with Gasteiger partial charge in [-0.05, 0) is 30.2 Å². The summed E-state index contributed by atoms with van der Waals surface area (Å²) in [5.74, 6) is 0.929. The smallest absolute Gasteiger partial charge is 0.266 e. The molecule has 0 aliphatic carbocycles. The first-order chi connectivity index (χ1) is 13.7. The van der Waals surface area contributed by atoms with Gasteiger partial charge in [0.15, 0.2) is 0 Å². The van der Waals surface area contributed by atoms with Gasteiger partial charge in [-0.15, -0.1) is 0 Å². The highest BCUT2D eigenvalue weighted by Gasteiger charge is 2.10. The van der Waals surface area contributed by atoms with Gasteiger partial charge in [-0.1, -0.05) is 36.3 Å². The molecule has 0 saturated heterocycles. The molecule has 3 heterocycles. The molecular weight excluding hydrogens is 354 g/mol. The number of benzene rings is 1. The lowest BCUT2D eigenvalue weighted by atomic mass is 10.1. The fraction of sp³-hybridized carbons (Fsp3) is 0.190. The molecule has 28 heavy (non-hydrogen) atoms. The zero-order valence-electron chi connectivity index (χ0n) is 15.4. The van der Waals surface area contributed by atoms with Crippen LogP contribution in [0, 0.1) is 0 Å². The van der Waals surface area contributed by atoms with E-state index >= 15 is 0 Å². The number of pyridine rings is 1. The molecule has 0 saturated carbocycles. The molecule has 0 N–H and O–H groups in total. The Morgan fingerprint density at radius 3 is 2.64 bits per heavy atom. The lowest BCUT2D eigenvalue weighted by molar-refractivity contribution is 0.368. The van der Waals surface area contributed by atoms with Crippen LogP contribution in [0.3, 0.4) is 0 Å². The normalized spacial score (nSPS) is 10.9. The van der Waals surface area contributed by atoms with Crippen molar-refractivity contribution < 1.29 is 4.52 Å². The summed E-state index contributed by atoms with van der Waals surface area (Å²) in [6.45, 7) is 2.47. The average Bonchev–Trinajstić information content (AvgIpc) is 3.23. The van der Waals surface area contributed by atoms with Gasteiger partial charge in [-0.25, -0.2) is 4.68 Å². The van der Waals surface area contributed by atoms with Gasteiger partial charge in [-0.2, -0.15) is 10.1 Å². The number of rotatable bonds is 6. The first-order valence-electron chi connectivity index (χ1n) is 9.13. The van der Waals surface area contributed by atoms with Gasteiger partial charge >= 0.3 is 0 Å². The van der Waals surface area contributed by atoms with E-state index in [2.05, 4.69) is 39.3 Å². The van der Waals surface area contributed by atoms with Crippen LogP contribution in [-0.2, 0) is 19.4 Å². The van der Waals surface area contributed by atoms with Gasteiger partial charge in [0.05, 0.1) is 12.2 Å². The van der Waals surface area contributed by atoms with Crippen molar-refractivity contribution in [2.24, 2.45) is 0 Å². The largest absolute Gasteiger partial charge is 0.339 e. The maximum Gasteiger partial charge on any atom is 0.266 e. The monoisotopic (exact) mass is 373 g/mol. The Labute approximate surface area is 161 Å². The maximum atomic E-state index is 12.2. The van der Waals surface area contributed by atoms with E-state index in [0.717, 1.165) is 23.2 Å². The van der Waals surface area contributed by atoms with Crippen molar-refractivity contribution in [3.05, 3.63) is 82.7 Å². The second-order valence-corrected chi connectivity index (χ2v) is 6.33. The van der Waals surface area contributed by atoms with Crippen LogP contribution in [-0.4, -0.2) is 24.9 Å². The van der Waals surface area contributed by atoms with E-state index in [1.165, 1.54) is 16.3 Å². The summed E-state index contributed by atoms with van der Waals surface area (Å²) in [7, 11) is 0. The first-order valence-corrected chi connectivity index (χ1v) is 9.13. The number of hydrogen-bond acceptors (Lipinski definition) is 6. The van der Waals surface area contributed by atoms with E-state index in [0.29, 0.717) is 24.7 Å². The summed E-state index contributed by atoms with van der Waals surface area (Å²) in [4.78, 5) is 20.6. The van der Waals surface area contributed by atoms with Gasteiger partial charge < -0.3 is 4.52 Å². The van der Waals surface area contributed by atoms with Crippen molar-refractivity contribution in [1.82, 2.24) is 24.9 Å². The Balaban J connectivity index is 1.50. The van der Waals surface area contributed by atoms with Crippen LogP contribution in [0.25, 0.3) is 22.6 Å². The zero-order valence-corrected chi connectivity index (χ0v) is 15.4. The zero-order chi connectivity index (χ0) is 19.3. The Kier molecular flexibility index (Phi) is 5.05. The molecule has 4 rings (SSSR count). The number of aromatic nitrogens is 5. The molecule has 0 fully saturated rings. The van der Waals surface area contributed by atoms with Gasteiger partial charge in [0, 0.05) is 36.0 Å². The van der Waals surface area contributed by atoms with Gasteiger partial charge in [-0.3, -0.25) is 9.78 Å². The summed E-state index contributed by atoms with van der Waals surface area (Å²) >= 11 is 0. The average molecular weight is 373 g/mol. The van der Waals surface area contributed by atoms with Crippen molar-refractivity contribution in [3.8, 4) is 22.6 Å². The van der Waals surface area contributed by atoms with Crippen LogP contribution >= 0.6 is 0 Å². The van der Waals surface area contributed by atoms with Crippen molar-refractivity contribution in [3.63, 3.8) is 0 Å². The van der Waals surface area contributed by atoms with Crippen LogP contribution in [0.1, 0.15) is 18.4 Å². The summed E-state index contributed by atoms with van der Waals surface area (Å²) in [6, 6.07) is 15.1. The molecule has 0 spiro atoms. The van der Waals surface area contributed by atoms with E-state index < -0.39 is 0 Å². The quantitative estimate of drug-likeness (QED) is 0.516. The molecule has 0 radical (unpaired) electrons. The molecule has 0 unspecified atom stereocenters. The highest BCUT2D eigenvalue weighted by Crippen LogP contribution is 2.17. The molecule has 0 aliphatic rings.